The van der Waals surface area contributed by atoms with E-state index in [1.165, 1.54) is 11.3 Å². The number of carbonyl (C=O) groups is 1. The summed E-state index contributed by atoms with van der Waals surface area (Å²) in [7, 11) is 0. The summed E-state index contributed by atoms with van der Waals surface area (Å²) in [6.45, 7) is 1.12. The second-order valence-corrected chi connectivity index (χ2v) is 6.60. The maximum absolute atomic E-state index is 12.5. The number of thiophene rings is 1. The average Bonchev–Trinajstić information content (AvgIpc) is 3.44. The summed E-state index contributed by atoms with van der Waals surface area (Å²) in [5, 5.41) is 8.63. The molecule has 136 valence electrons. The predicted molar refractivity (Wildman–Crippen MR) is 102 cm³/mol. The molecule has 0 atom stereocenters. The maximum atomic E-state index is 12.5. The molecule has 0 spiro atoms. The van der Waals surface area contributed by atoms with Gasteiger partial charge < -0.3 is 19.1 Å². The number of nitrogens with zero attached hydrogens (tertiary/aromatic N) is 3. The van der Waals surface area contributed by atoms with Crippen molar-refractivity contribution in [3.05, 3.63) is 72.3 Å². The summed E-state index contributed by atoms with van der Waals surface area (Å²) in [6, 6.07) is 12.7. The van der Waals surface area contributed by atoms with Gasteiger partial charge in [0.2, 0.25) is 0 Å². The smallest absolute Gasteiger partial charge is 0.277 e. The first-order valence-corrected chi connectivity index (χ1v) is 9.17. The highest BCUT2D eigenvalue weighted by Gasteiger charge is 2.16. The zero-order valence-corrected chi connectivity index (χ0v) is 15.1. The first kappa shape index (κ1) is 17.0. The van der Waals surface area contributed by atoms with Crippen molar-refractivity contribution in [2.45, 2.75) is 6.54 Å². The third-order valence-electron chi connectivity index (χ3n) is 3.81. The summed E-state index contributed by atoms with van der Waals surface area (Å²) in [6.07, 6.45) is 5.32. The lowest BCUT2D eigenvalue weighted by Crippen LogP contribution is -2.14. The minimum atomic E-state index is -0.354. The van der Waals surface area contributed by atoms with Crippen LogP contribution in [0.4, 0.5) is 5.69 Å². The topological polar surface area (TPSA) is 82.2 Å². The molecule has 0 bridgehead atoms. The van der Waals surface area contributed by atoms with Crippen LogP contribution < -0.4 is 10.1 Å². The molecule has 0 aliphatic rings. The zero-order valence-electron chi connectivity index (χ0n) is 14.2. The van der Waals surface area contributed by atoms with Gasteiger partial charge in [0, 0.05) is 18.5 Å². The Morgan fingerprint density at radius 2 is 2.19 bits per heavy atom. The largest absolute Gasteiger partial charge is 0.490 e. The monoisotopic (exact) mass is 380 g/mol. The number of amides is 1. The first-order chi connectivity index (χ1) is 13.3. The molecular formula is C19H16N4O3S. The highest BCUT2D eigenvalue weighted by Crippen LogP contribution is 2.27. The molecule has 0 aliphatic carbocycles. The Hall–Kier alpha value is -3.39. The van der Waals surface area contributed by atoms with Crippen LogP contribution in [0, 0.1) is 0 Å². The van der Waals surface area contributed by atoms with Gasteiger partial charge in [-0.25, -0.2) is 4.98 Å². The molecule has 0 saturated heterocycles. The van der Waals surface area contributed by atoms with Gasteiger partial charge in [0.05, 0.1) is 23.4 Å². The van der Waals surface area contributed by atoms with E-state index in [0.717, 1.165) is 4.88 Å². The highest BCUT2D eigenvalue weighted by molar-refractivity contribution is 7.13. The number of carbonyl (C=O) groups excluding carboxylic acids is 1. The summed E-state index contributed by atoms with van der Waals surface area (Å²) in [5.74, 6) is 0.806. The second-order valence-electron chi connectivity index (χ2n) is 5.65. The highest BCUT2D eigenvalue weighted by atomic mass is 32.1. The van der Waals surface area contributed by atoms with E-state index in [9.17, 15) is 4.79 Å². The number of aromatic nitrogens is 3. The third kappa shape index (κ3) is 4.06. The van der Waals surface area contributed by atoms with Crippen LogP contribution in [0.5, 0.6) is 5.75 Å². The van der Waals surface area contributed by atoms with Gasteiger partial charge in [0.25, 0.3) is 5.91 Å². The van der Waals surface area contributed by atoms with E-state index in [4.69, 9.17) is 9.26 Å². The number of benzene rings is 1. The van der Waals surface area contributed by atoms with Gasteiger partial charge in [0.1, 0.15) is 12.4 Å². The Labute approximate surface area is 159 Å². The van der Waals surface area contributed by atoms with Gasteiger partial charge >= 0.3 is 0 Å². The van der Waals surface area contributed by atoms with Gasteiger partial charge in [0.15, 0.2) is 11.5 Å². The number of rotatable bonds is 7. The summed E-state index contributed by atoms with van der Waals surface area (Å²) in [4.78, 5) is 17.4. The normalized spacial score (nSPS) is 10.7. The average molecular weight is 380 g/mol. The number of nitrogens with one attached hydrogen (secondary N) is 1. The molecule has 0 radical (unpaired) electrons. The van der Waals surface area contributed by atoms with Gasteiger partial charge in [-0.2, -0.15) is 0 Å². The molecular weight excluding hydrogens is 364 g/mol. The Balaban J connectivity index is 1.42. The summed E-state index contributed by atoms with van der Waals surface area (Å²) < 4.78 is 13.0. The van der Waals surface area contributed by atoms with Crippen molar-refractivity contribution < 1.29 is 14.1 Å². The lowest BCUT2D eigenvalue weighted by atomic mass is 10.2. The van der Waals surface area contributed by atoms with Crippen molar-refractivity contribution in [1.29, 1.82) is 0 Å². The van der Waals surface area contributed by atoms with Crippen LogP contribution in [0.25, 0.3) is 10.6 Å². The molecule has 0 unspecified atom stereocenters. The third-order valence-corrected chi connectivity index (χ3v) is 4.69. The fraction of sp³-hybridized carbons (Fsp3) is 0.105. The first-order valence-electron chi connectivity index (χ1n) is 8.29. The fourth-order valence-electron chi connectivity index (χ4n) is 2.48. The molecule has 4 aromatic rings. The van der Waals surface area contributed by atoms with Crippen molar-refractivity contribution in [1.82, 2.24) is 14.7 Å². The number of anilines is 1. The lowest BCUT2D eigenvalue weighted by molar-refractivity contribution is 0.101. The molecule has 27 heavy (non-hydrogen) atoms. The van der Waals surface area contributed by atoms with E-state index in [2.05, 4.69) is 15.5 Å². The Morgan fingerprint density at radius 3 is 3.00 bits per heavy atom. The molecule has 1 amide bonds. The molecule has 4 rings (SSSR count). The van der Waals surface area contributed by atoms with Crippen LogP contribution in [0.2, 0.25) is 0 Å². The minimum Gasteiger partial charge on any atom is -0.490 e. The number of hydrogen-bond donors (Lipinski definition) is 1. The summed E-state index contributed by atoms with van der Waals surface area (Å²) >= 11 is 1.52. The number of hydrogen-bond acceptors (Lipinski definition) is 6. The number of imidazole rings is 1. The van der Waals surface area contributed by atoms with Crippen LogP contribution in [0.1, 0.15) is 10.5 Å². The van der Waals surface area contributed by atoms with E-state index in [-0.39, 0.29) is 11.6 Å². The van der Waals surface area contributed by atoms with Crippen LogP contribution in [0.15, 0.2) is 71.1 Å². The van der Waals surface area contributed by atoms with E-state index < -0.39 is 0 Å². The molecule has 1 N–H and O–H groups in total. The molecule has 3 heterocycles. The van der Waals surface area contributed by atoms with Crippen LogP contribution in [-0.2, 0) is 6.54 Å². The van der Waals surface area contributed by atoms with E-state index in [1.807, 2.05) is 46.5 Å². The molecule has 1 aromatic carbocycles. The van der Waals surface area contributed by atoms with E-state index >= 15 is 0 Å². The SMILES string of the molecule is O=C(Nc1ccccc1OCCn1ccnc1)c1cc(-c2cccs2)on1. The van der Waals surface area contributed by atoms with Crippen molar-refractivity contribution in [3.63, 3.8) is 0 Å². The summed E-state index contributed by atoms with van der Waals surface area (Å²) in [5.41, 5.74) is 0.792. The number of ether oxygens (including phenoxy) is 1. The van der Waals surface area contributed by atoms with E-state index in [0.29, 0.717) is 30.3 Å². The Morgan fingerprint density at radius 1 is 1.26 bits per heavy atom. The standard InChI is InChI=1S/C19H16N4O3S/c24-19(15-12-17(26-22-15)18-6-3-11-27-18)21-14-4-1-2-5-16(14)25-10-9-23-8-7-20-13-23/h1-8,11-13H,9-10H2,(H,21,24). The Kier molecular flexibility index (Phi) is 4.97. The molecule has 0 saturated carbocycles. The van der Waals surface area contributed by atoms with Crippen LogP contribution >= 0.6 is 11.3 Å². The fourth-order valence-corrected chi connectivity index (χ4v) is 3.15. The molecule has 3 aromatic heterocycles. The van der Waals surface area contributed by atoms with Gasteiger partial charge in [-0.1, -0.05) is 23.4 Å². The predicted octanol–water partition coefficient (Wildman–Crippen LogP) is 3.93. The van der Waals surface area contributed by atoms with Crippen molar-refractivity contribution in [2.75, 3.05) is 11.9 Å². The van der Waals surface area contributed by atoms with Crippen LogP contribution in [-0.4, -0.2) is 27.2 Å². The number of para-hydroxylation sites is 2. The molecule has 0 fully saturated rings. The molecule has 8 heteroatoms. The molecule has 0 aliphatic heterocycles. The van der Waals surface area contributed by atoms with Gasteiger partial charge in [-0.15, -0.1) is 11.3 Å². The van der Waals surface area contributed by atoms with Crippen LogP contribution in [0.3, 0.4) is 0 Å². The zero-order chi connectivity index (χ0) is 18.5. The Bertz CT molecular complexity index is 1010. The van der Waals surface area contributed by atoms with Gasteiger partial charge in [-0.3, -0.25) is 4.79 Å². The van der Waals surface area contributed by atoms with Crippen molar-refractivity contribution >= 4 is 22.9 Å². The van der Waals surface area contributed by atoms with Gasteiger partial charge in [-0.05, 0) is 23.6 Å². The molecule has 7 nitrogen and oxygen atoms in total. The van der Waals surface area contributed by atoms with Crippen molar-refractivity contribution in [2.24, 2.45) is 0 Å². The minimum absolute atomic E-state index is 0.214. The maximum Gasteiger partial charge on any atom is 0.277 e. The van der Waals surface area contributed by atoms with E-state index in [1.54, 1.807) is 24.7 Å². The van der Waals surface area contributed by atoms with Crippen molar-refractivity contribution in [3.8, 4) is 16.4 Å². The second kappa shape index (κ2) is 7.88. The quantitative estimate of drug-likeness (QED) is 0.525. The lowest BCUT2D eigenvalue weighted by Gasteiger charge is -2.12.